The van der Waals surface area contributed by atoms with Gasteiger partial charge in [0.25, 0.3) is 0 Å². The Hall–Kier alpha value is -1.08. The first-order valence-electron chi connectivity index (χ1n) is 6.46. The molecule has 1 aromatic carbocycles. The molecule has 0 heterocycles. The number of hydrogen-bond donors (Lipinski definition) is 1. The van der Waals surface area contributed by atoms with E-state index in [2.05, 4.69) is 27.3 Å². The number of hydrogen-bond acceptors (Lipinski definition) is 2. The summed E-state index contributed by atoms with van der Waals surface area (Å²) in [5.41, 5.74) is 1.60. The maximum absolute atomic E-state index is 13.4. The summed E-state index contributed by atoms with van der Waals surface area (Å²) < 4.78 is 13.9. The zero-order valence-corrected chi connectivity index (χ0v) is 13.3. The van der Waals surface area contributed by atoms with Gasteiger partial charge in [-0.3, -0.25) is 0 Å². The Labute approximate surface area is 123 Å². The van der Waals surface area contributed by atoms with Gasteiger partial charge in [0, 0.05) is 12.2 Å². The van der Waals surface area contributed by atoms with Crippen LogP contribution >= 0.6 is 15.9 Å². The molecule has 0 spiro atoms. The van der Waals surface area contributed by atoms with E-state index in [1.165, 1.54) is 6.07 Å². The fourth-order valence-corrected chi connectivity index (χ4v) is 2.27. The molecular formula is C15H20BrFN2. The molecule has 4 heteroatoms. The Morgan fingerprint density at radius 3 is 2.68 bits per heavy atom. The van der Waals surface area contributed by atoms with Gasteiger partial charge in [0.05, 0.1) is 16.0 Å². The predicted octanol–water partition coefficient (Wildman–Crippen LogP) is 5.03. The molecule has 1 N–H and O–H groups in total. The van der Waals surface area contributed by atoms with Crippen LogP contribution in [0.25, 0.3) is 0 Å². The van der Waals surface area contributed by atoms with Gasteiger partial charge in [0.1, 0.15) is 5.82 Å². The third-order valence-corrected chi connectivity index (χ3v) is 3.72. The fraction of sp³-hybridized carbons (Fsp3) is 0.533. The summed E-state index contributed by atoms with van der Waals surface area (Å²) in [6, 6.07) is 5.58. The van der Waals surface area contributed by atoms with Crippen molar-refractivity contribution >= 4 is 21.6 Å². The average molecular weight is 327 g/mol. The number of nitrogens with zero attached hydrogens (tertiary/aromatic N) is 1. The highest BCUT2D eigenvalue weighted by molar-refractivity contribution is 9.10. The molecule has 0 saturated carbocycles. The number of anilines is 1. The molecule has 104 valence electrons. The van der Waals surface area contributed by atoms with Gasteiger partial charge in [-0.15, -0.1) is 0 Å². The lowest BCUT2D eigenvalue weighted by atomic mass is 9.89. The molecular weight excluding hydrogens is 307 g/mol. The number of benzene rings is 1. The minimum absolute atomic E-state index is 0.250. The molecule has 0 amide bonds. The first-order chi connectivity index (χ1) is 8.85. The third kappa shape index (κ3) is 5.20. The predicted molar refractivity (Wildman–Crippen MR) is 80.6 cm³/mol. The maximum Gasteiger partial charge on any atom is 0.139 e. The van der Waals surface area contributed by atoms with Crippen molar-refractivity contribution < 1.29 is 4.39 Å². The van der Waals surface area contributed by atoms with Crippen molar-refractivity contribution in [2.45, 2.75) is 40.0 Å². The second-order valence-corrected chi connectivity index (χ2v) is 6.32. The van der Waals surface area contributed by atoms with Crippen molar-refractivity contribution in [3.63, 3.8) is 0 Å². The van der Waals surface area contributed by atoms with E-state index in [1.807, 2.05) is 20.8 Å². The molecule has 0 aliphatic carbocycles. The minimum Gasteiger partial charge on any atom is -0.385 e. The van der Waals surface area contributed by atoms with Crippen LogP contribution in [-0.4, -0.2) is 6.54 Å². The van der Waals surface area contributed by atoms with Crippen LogP contribution in [-0.2, 0) is 0 Å². The van der Waals surface area contributed by atoms with E-state index < -0.39 is 0 Å². The highest BCUT2D eigenvalue weighted by atomic mass is 79.9. The summed E-state index contributed by atoms with van der Waals surface area (Å²) >= 11 is 3.17. The van der Waals surface area contributed by atoms with Gasteiger partial charge in [-0.05, 0) is 67.2 Å². The first kappa shape index (κ1) is 16.0. The van der Waals surface area contributed by atoms with E-state index in [1.54, 1.807) is 6.07 Å². The second kappa shape index (κ2) is 6.91. The smallest absolute Gasteiger partial charge is 0.139 e. The van der Waals surface area contributed by atoms with E-state index in [-0.39, 0.29) is 11.2 Å². The van der Waals surface area contributed by atoms with Gasteiger partial charge >= 0.3 is 0 Å². The van der Waals surface area contributed by atoms with Crippen LogP contribution in [0.3, 0.4) is 0 Å². The van der Waals surface area contributed by atoms with Crippen molar-refractivity contribution in [3.05, 3.63) is 28.0 Å². The van der Waals surface area contributed by atoms with Crippen LogP contribution in [0.5, 0.6) is 0 Å². The average Bonchev–Trinajstić information content (AvgIpc) is 2.35. The molecule has 0 unspecified atom stereocenters. The van der Waals surface area contributed by atoms with E-state index in [4.69, 9.17) is 5.26 Å². The van der Waals surface area contributed by atoms with Gasteiger partial charge in [0.2, 0.25) is 0 Å². The molecule has 2 nitrogen and oxygen atoms in total. The van der Waals surface area contributed by atoms with Crippen molar-refractivity contribution in [2.75, 3.05) is 11.9 Å². The zero-order chi connectivity index (χ0) is 14.5. The van der Waals surface area contributed by atoms with Crippen LogP contribution in [0.4, 0.5) is 10.1 Å². The van der Waals surface area contributed by atoms with Crippen LogP contribution in [0.15, 0.2) is 16.6 Å². The standard InChI is InChI=1S/C15H20BrFN2/c1-11-8-12(16)13(17)9-14(11)19-7-5-4-6-15(2,3)10-18/h8-9,19H,4-7H2,1-3H3. The molecule has 19 heavy (non-hydrogen) atoms. The molecule has 0 aliphatic heterocycles. The molecule has 1 aromatic rings. The molecule has 0 aliphatic rings. The van der Waals surface area contributed by atoms with Gasteiger partial charge in [-0.1, -0.05) is 6.42 Å². The summed E-state index contributed by atoms with van der Waals surface area (Å²) in [4.78, 5) is 0. The van der Waals surface area contributed by atoms with E-state index in [9.17, 15) is 4.39 Å². The lowest BCUT2D eigenvalue weighted by molar-refractivity contribution is 0.430. The zero-order valence-electron chi connectivity index (χ0n) is 11.7. The van der Waals surface area contributed by atoms with Crippen molar-refractivity contribution in [1.82, 2.24) is 0 Å². The Morgan fingerprint density at radius 1 is 1.37 bits per heavy atom. The second-order valence-electron chi connectivity index (χ2n) is 5.46. The minimum atomic E-state index is -0.251. The van der Waals surface area contributed by atoms with Gasteiger partial charge in [0.15, 0.2) is 0 Å². The lowest BCUT2D eigenvalue weighted by Gasteiger charge is -2.15. The largest absolute Gasteiger partial charge is 0.385 e. The Bertz CT molecular complexity index is 478. The molecule has 0 atom stereocenters. The number of unbranched alkanes of at least 4 members (excludes halogenated alkanes) is 1. The Balaban J connectivity index is 2.39. The molecule has 0 bridgehead atoms. The monoisotopic (exact) mass is 326 g/mol. The van der Waals surface area contributed by atoms with Gasteiger partial charge < -0.3 is 5.32 Å². The summed E-state index contributed by atoms with van der Waals surface area (Å²) in [7, 11) is 0. The van der Waals surface area contributed by atoms with Crippen molar-refractivity contribution in [1.29, 1.82) is 5.26 Å². The van der Waals surface area contributed by atoms with Gasteiger partial charge in [-0.25, -0.2) is 4.39 Å². The number of aryl methyl sites for hydroxylation is 1. The van der Waals surface area contributed by atoms with E-state index in [0.717, 1.165) is 37.1 Å². The number of nitriles is 1. The number of rotatable bonds is 6. The molecule has 0 saturated heterocycles. The summed E-state index contributed by atoms with van der Waals surface area (Å²) in [5.74, 6) is -0.251. The van der Waals surface area contributed by atoms with Crippen LogP contribution in [0, 0.1) is 29.5 Å². The van der Waals surface area contributed by atoms with Crippen LogP contribution in [0.1, 0.15) is 38.7 Å². The third-order valence-electron chi connectivity index (χ3n) is 3.11. The fourth-order valence-electron chi connectivity index (χ4n) is 1.81. The van der Waals surface area contributed by atoms with E-state index in [0.29, 0.717) is 4.47 Å². The SMILES string of the molecule is Cc1cc(Br)c(F)cc1NCCCCC(C)(C)C#N. The highest BCUT2D eigenvalue weighted by Crippen LogP contribution is 2.24. The Kier molecular flexibility index (Phi) is 5.81. The van der Waals surface area contributed by atoms with Gasteiger partial charge in [-0.2, -0.15) is 5.26 Å². The van der Waals surface area contributed by atoms with E-state index >= 15 is 0 Å². The first-order valence-corrected chi connectivity index (χ1v) is 7.26. The maximum atomic E-state index is 13.4. The van der Waals surface area contributed by atoms with Crippen molar-refractivity contribution in [3.8, 4) is 6.07 Å². The van der Waals surface area contributed by atoms with Crippen molar-refractivity contribution in [2.24, 2.45) is 5.41 Å². The lowest BCUT2D eigenvalue weighted by Crippen LogP contribution is -2.09. The number of nitrogens with one attached hydrogen (secondary N) is 1. The topological polar surface area (TPSA) is 35.8 Å². The quantitative estimate of drug-likeness (QED) is 0.744. The normalized spacial score (nSPS) is 11.2. The summed E-state index contributed by atoms with van der Waals surface area (Å²) in [6.45, 7) is 6.65. The molecule has 0 radical (unpaired) electrons. The molecule has 0 fully saturated rings. The molecule has 0 aromatic heterocycles. The summed E-state index contributed by atoms with van der Waals surface area (Å²) in [5, 5.41) is 12.2. The molecule has 1 rings (SSSR count). The Morgan fingerprint density at radius 2 is 2.05 bits per heavy atom. The highest BCUT2D eigenvalue weighted by Gasteiger charge is 2.15. The van der Waals surface area contributed by atoms with Crippen LogP contribution < -0.4 is 5.32 Å². The summed E-state index contributed by atoms with van der Waals surface area (Å²) in [6.07, 6.45) is 2.85. The number of halogens is 2. The van der Waals surface area contributed by atoms with Crippen LogP contribution in [0.2, 0.25) is 0 Å².